The number of nitrogens with zero attached hydrogens (tertiary/aromatic N) is 2. The maximum absolute atomic E-state index is 8.32. The van der Waals surface area contributed by atoms with Gasteiger partial charge in [-0.25, -0.2) is 0 Å². The molecule has 0 amide bonds. The number of pyridine rings is 1. The number of nitriles is 1. The lowest BCUT2D eigenvalue weighted by molar-refractivity contribution is 1.29. The first kappa shape index (κ1) is 5.57. The fourth-order valence-corrected chi connectivity index (χ4v) is 0.457. The Hall–Kier alpha value is -1.56. The van der Waals surface area contributed by atoms with Gasteiger partial charge in [0.1, 0.15) is 17.8 Å². The lowest BCUT2D eigenvalue weighted by Gasteiger charge is -1.89. The Kier molecular flexibility index (Phi) is 1.32. The highest BCUT2D eigenvalue weighted by atomic mass is 14.7. The highest BCUT2D eigenvalue weighted by Crippen LogP contribution is 2.04. The molecule has 1 aromatic rings. The molecular weight excluding hydrogens is 114 g/mol. The zero-order chi connectivity index (χ0) is 6.69. The summed E-state index contributed by atoms with van der Waals surface area (Å²) in [5.74, 6) is 0. The zero-order valence-corrected chi connectivity index (χ0v) is 4.63. The second kappa shape index (κ2) is 2.14. The molecule has 0 fully saturated rings. The molecule has 0 saturated carbocycles. The van der Waals surface area contributed by atoms with E-state index < -0.39 is 0 Å². The van der Waals surface area contributed by atoms with Crippen molar-refractivity contribution in [2.24, 2.45) is 0 Å². The predicted octanol–water partition coefficient (Wildman–Crippen LogP) is 0.336. The van der Waals surface area contributed by atoms with Gasteiger partial charge in [-0.15, -0.1) is 0 Å². The van der Waals surface area contributed by atoms with Crippen LogP contribution >= 0.6 is 0 Å². The van der Waals surface area contributed by atoms with E-state index in [0.717, 1.165) is 0 Å². The molecule has 0 aliphatic rings. The Labute approximate surface area is 52.7 Å². The number of nitrogens with two attached hydrogens (primary N) is 1. The smallest absolute Gasteiger partial charge is 0.110 e. The molecule has 0 unspecified atom stereocenters. The Bertz CT molecular complexity index is 249. The number of rotatable bonds is 0. The van der Waals surface area contributed by atoms with Gasteiger partial charge in [0.2, 0.25) is 0 Å². The third-order valence-corrected chi connectivity index (χ3v) is 0.905. The van der Waals surface area contributed by atoms with Crippen LogP contribution in [0.25, 0.3) is 0 Å². The van der Waals surface area contributed by atoms with Gasteiger partial charge >= 0.3 is 0 Å². The molecule has 1 rings (SSSR count). The van der Waals surface area contributed by atoms with Gasteiger partial charge in [0.25, 0.3) is 0 Å². The van der Waals surface area contributed by atoms with Crippen molar-refractivity contribution in [3.63, 3.8) is 0 Å². The first-order chi connectivity index (χ1) is 4.34. The lowest BCUT2D eigenvalue weighted by Crippen LogP contribution is -1.89. The van der Waals surface area contributed by atoms with Gasteiger partial charge in [-0.05, 0) is 6.07 Å². The molecule has 3 nitrogen and oxygen atoms in total. The number of nitrogen functional groups attached to an aromatic ring is 1. The van der Waals surface area contributed by atoms with Crippen molar-refractivity contribution in [1.29, 1.82) is 5.26 Å². The molecule has 1 aromatic heterocycles. The summed E-state index contributed by atoms with van der Waals surface area (Å²) in [5, 5.41) is 8.32. The van der Waals surface area contributed by atoms with Crippen molar-refractivity contribution >= 4 is 5.69 Å². The number of anilines is 1. The summed E-state index contributed by atoms with van der Waals surface area (Å²) in [6.07, 6.45) is 3.95. The molecular formula is C6H4N3. The minimum absolute atomic E-state index is 0.303. The third kappa shape index (κ3) is 0.970. The van der Waals surface area contributed by atoms with Gasteiger partial charge in [0.15, 0.2) is 0 Å². The topological polar surface area (TPSA) is 62.7 Å². The Morgan fingerprint density at radius 3 is 3.00 bits per heavy atom. The summed E-state index contributed by atoms with van der Waals surface area (Å²) in [6, 6.07) is 3.42. The van der Waals surface area contributed by atoms with Crippen molar-refractivity contribution in [3.8, 4) is 6.07 Å². The zero-order valence-electron chi connectivity index (χ0n) is 4.63. The molecule has 43 valence electrons. The molecule has 9 heavy (non-hydrogen) atoms. The van der Waals surface area contributed by atoms with Crippen LogP contribution in [0.3, 0.4) is 0 Å². The van der Waals surface area contributed by atoms with E-state index in [1.807, 2.05) is 6.07 Å². The highest BCUT2D eigenvalue weighted by molar-refractivity contribution is 5.50. The van der Waals surface area contributed by atoms with Gasteiger partial charge in [-0.3, -0.25) is 4.98 Å². The van der Waals surface area contributed by atoms with Crippen LogP contribution < -0.4 is 5.73 Å². The average Bonchev–Trinajstić information content (AvgIpc) is 1.89. The molecule has 2 N–H and O–H groups in total. The van der Waals surface area contributed by atoms with Crippen LogP contribution in [-0.2, 0) is 0 Å². The van der Waals surface area contributed by atoms with Crippen LogP contribution in [-0.4, -0.2) is 4.98 Å². The molecule has 3 heteroatoms. The summed E-state index contributed by atoms with van der Waals surface area (Å²) in [6.45, 7) is 0. The maximum atomic E-state index is 8.32. The molecule has 0 bridgehead atoms. The van der Waals surface area contributed by atoms with Gasteiger partial charge in [0, 0.05) is 6.20 Å². The molecule has 1 heterocycles. The second-order valence-corrected chi connectivity index (χ2v) is 1.50. The van der Waals surface area contributed by atoms with Crippen LogP contribution in [0, 0.1) is 17.5 Å². The van der Waals surface area contributed by atoms with Crippen molar-refractivity contribution < 1.29 is 0 Å². The van der Waals surface area contributed by atoms with Crippen LogP contribution in [0.15, 0.2) is 12.3 Å². The highest BCUT2D eigenvalue weighted by Gasteiger charge is 1.93. The van der Waals surface area contributed by atoms with Crippen molar-refractivity contribution in [2.45, 2.75) is 0 Å². The van der Waals surface area contributed by atoms with E-state index in [1.165, 1.54) is 6.20 Å². The van der Waals surface area contributed by atoms with E-state index in [9.17, 15) is 0 Å². The van der Waals surface area contributed by atoms with E-state index in [0.29, 0.717) is 11.3 Å². The number of aromatic nitrogens is 1. The van der Waals surface area contributed by atoms with Gasteiger partial charge < -0.3 is 5.73 Å². The normalized spacial score (nSPS) is 8.33. The number of hydrogen-bond donors (Lipinski definition) is 1. The summed E-state index contributed by atoms with van der Waals surface area (Å²) < 4.78 is 0. The summed E-state index contributed by atoms with van der Waals surface area (Å²) >= 11 is 0. The van der Waals surface area contributed by atoms with Crippen molar-refractivity contribution in [3.05, 3.63) is 24.0 Å². The van der Waals surface area contributed by atoms with Gasteiger partial charge in [-0.1, -0.05) is 0 Å². The molecule has 1 radical (unpaired) electrons. The SMILES string of the molecule is N#Cc1[c]nccc1N. The maximum Gasteiger partial charge on any atom is 0.110 e. The van der Waals surface area contributed by atoms with Crippen molar-refractivity contribution in [2.75, 3.05) is 5.73 Å². The van der Waals surface area contributed by atoms with E-state index in [4.69, 9.17) is 11.0 Å². The van der Waals surface area contributed by atoms with E-state index >= 15 is 0 Å². The Morgan fingerprint density at radius 1 is 1.78 bits per heavy atom. The second-order valence-electron chi connectivity index (χ2n) is 1.50. The first-order valence-corrected chi connectivity index (χ1v) is 2.37. The molecule has 0 spiro atoms. The minimum atomic E-state index is 0.303. The minimum Gasteiger partial charge on any atom is -0.398 e. The van der Waals surface area contributed by atoms with Gasteiger partial charge in [-0.2, -0.15) is 5.26 Å². The fraction of sp³-hybridized carbons (Fsp3) is 0. The molecule has 0 saturated heterocycles. The van der Waals surface area contributed by atoms with Crippen LogP contribution in [0.2, 0.25) is 0 Å². The summed E-state index contributed by atoms with van der Waals surface area (Å²) in [4.78, 5) is 3.59. The summed E-state index contributed by atoms with van der Waals surface area (Å²) in [7, 11) is 0. The van der Waals surface area contributed by atoms with Crippen LogP contribution in [0.4, 0.5) is 5.69 Å². The first-order valence-electron chi connectivity index (χ1n) is 2.37. The van der Waals surface area contributed by atoms with E-state index in [1.54, 1.807) is 6.07 Å². The van der Waals surface area contributed by atoms with Gasteiger partial charge in [0.05, 0.1) is 5.69 Å². The molecule has 0 aliphatic heterocycles. The standard InChI is InChI=1S/C6H4N3/c7-3-5-4-9-2-1-6(5)8/h1-2H,(H2,8,9). The van der Waals surface area contributed by atoms with E-state index in [-0.39, 0.29) is 0 Å². The average molecular weight is 118 g/mol. The Balaban J connectivity index is 3.20. The van der Waals surface area contributed by atoms with Crippen LogP contribution in [0.1, 0.15) is 5.56 Å². The molecule has 0 aliphatic carbocycles. The Morgan fingerprint density at radius 2 is 2.56 bits per heavy atom. The van der Waals surface area contributed by atoms with Crippen LogP contribution in [0.5, 0.6) is 0 Å². The van der Waals surface area contributed by atoms with E-state index in [2.05, 4.69) is 11.2 Å². The molecule has 0 aromatic carbocycles. The lowest BCUT2D eigenvalue weighted by atomic mass is 10.3. The third-order valence-electron chi connectivity index (χ3n) is 0.905. The number of hydrogen-bond acceptors (Lipinski definition) is 3. The van der Waals surface area contributed by atoms with Crippen molar-refractivity contribution in [1.82, 2.24) is 4.98 Å². The summed E-state index contributed by atoms with van der Waals surface area (Å²) in [5.41, 5.74) is 6.06. The predicted molar refractivity (Wildman–Crippen MR) is 32.2 cm³/mol. The fourth-order valence-electron chi connectivity index (χ4n) is 0.457. The quantitative estimate of drug-likeness (QED) is 0.534. The monoisotopic (exact) mass is 118 g/mol. The largest absolute Gasteiger partial charge is 0.398 e. The molecule has 0 atom stereocenters.